The second kappa shape index (κ2) is 9.03. The van der Waals surface area contributed by atoms with Crippen LogP contribution in [0.3, 0.4) is 0 Å². The Balaban J connectivity index is 2.13. The van der Waals surface area contributed by atoms with Crippen LogP contribution in [-0.2, 0) is 22.7 Å². The summed E-state index contributed by atoms with van der Waals surface area (Å²) in [7, 11) is 0. The van der Waals surface area contributed by atoms with Gasteiger partial charge in [0, 0.05) is 19.5 Å². The minimum absolute atomic E-state index is 0.0396. The number of amides is 1. The number of aromatic nitrogens is 2. The van der Waals surface area contributed by atoms with Gasteiger partial charge in [0.2, 0.25) is 5.91 Å². The molecule has 0 fully saturated rings. The van der Waals surface area contributed by atoms with Crippen LogP contribution < -0.4 is 11.0 Å². The summed E-state index contributed by atoms with van der Waals surface area (Å²) in [5.74, 6) is -1.46. The van der Waals surface area contributed by atoms with Crippen LogP contribution in [0.4, 0.5) is 0 Å². The van der Waals surface area contributed by atoms with Gasteiger partial charge in [-0.25, -0.2) is 9.59 Å². The Kier molecular flexibility index (Phi) is 6.77. The van der Waals surface area contributed by atoms with E-state index in [1.165, 1.54) is 0 Å². The Hall–Kier alpha value is -2.83. The van der Waals surface area contributed by atoms with Gasteiger partial charge in [-0.2, -0.15) is 0 Å². The summed E-state index contributed by atoms with van der Waals surface area (Å²) in [6.45, 7) is 6.37. The molecule has 1 unspecified atom stereocenters. The maximum atomic E-state index is 12.7. The predicted molar refractivity (Wildman–Crippen MR) is 100 cm³/mol. The molecule has 0 saturated carbocycles. The molecule has 0 radical (unpaired) electrons. The van der Waals surface area contributed by atoms with E-state index in [1.54, 1.807) is 15.2 Å². The van der Waals surface area contributed by atoms with Crippen molar-refractivity contribution in [1.82, 2.24) is 14.5 Å². The molecule has 7 heteroatoms. The van der Waals surface area contributed by atoms with Crippen molar-refractivity contribution < 1.29 is 14.7 Å². The molecule has 140 valence electrons. The first-order chi connectivity index (χ1) is 12.5. The second-order valence-corrected chi connectivity index (χ2v) is 6.15. The Morgan fingerprint density at radius 3 is 2.38 bits per heavy atom. The van der Waals surface area contributed by atoms with E-state index in [2.05, 4.69) is 11.9 Å². The standard InChI is InChI=1S/C19H25N3O4/c1-3-5-8-14(18(24)25)20-17(23)11-13-22-16-10-7-6-9-15(16)21(12-4-2)19(22)26/h3,6-7,9-10,14H,1,4-5,8,11-13H2,2H3,(H,20,23)(H,24,25). The maximum Gasteiger partial charge on any atom is 0.329 e. The van der Waals surface area contributed by atoms with Crippen LogP contribution in [0, 0.1) is 0 Å². The molecule has 1 atom stereocenters. The number of carboxylic acids is 1. The SMILES string of the molecule is C=CCCC(NC(=O)CCn1c(=O)n(CCC)c2ccccc21)C(=O)O. The highest BCUT2D eigenvalue weighted by Gasteiger charge is 2.19. The monoisotopic (exact) mass is 359 g/mol. The Morgan fingerprint density at radius 1 is 1.23 bits per heavy atom. The Bertz CT molecular complexity index is 850. The molecule has 0 aliphatic carbocycles. The third-order valence-corrected chi connectivity index (χ3v) is 4.23. The normalized spacial score (nSPS) is 12.0. The van der Waals surface area contributed by atoms with E-state index < -0.39 is 12.0 Å². The summed E-state index contributed by atoms with van der Waals surface area (Å²) in [6, 6.07) is 6.52. The number of hydrogen-bond donors (Lipinski definition) is 2. The summed E-state index contributed by atoms with van der Waals surface area (Å²) < 4.78 is 3.28. The highest BCUT2D eigenvalue weighted by Crippen LogP contribution is 2.13. The molecular weight excluding hydrogens is 334 g/mol. The van der Waals surface area contributed by atoms with E-state index in [0.29, 0.717) is 19.4 Å². The number of aliphatic carboxylic acids is 1. The first-order valence-corrected chi connectivity index (χ1v) is 8.80. The molecule has 7 nitrogen and oxygen atoms in total. The second-order valence-electron chi connectivity index (χ2n) is 6.15. The molecule has 1 heterocycles. The lowest BCUT2D eigenvalue weighted by atomic mass is 10.1. The summed E-state index contributed by atoms with van der Waals surface area (Å²) in [6.07, 6.45) is 3.28. The van der Waals surface area contributed by atoms with E-state index in [0.717, 1.165) is 17.5 Å². The molecule has 26 heavy (non-hydrogen) atoms. The van der Waals surface area contributed by atoms with Crippen molar-refractivity contribution in [2.45, 2.75) is 51.7 Å². The van der Waals surface area contributed by atoms with Crippen molar-refractivity contribution in [3.05, 3.63) is 47.4 Å². The molecule has 0 saturated heterocycles. The highest BCUT2D eigenvalue weighted by molar-refractivity contribution is 5.83. The molecular formula is C19H25N3O4. The van der Waals surface area contributed by atoms with E-state index in [-0.39, 0.29) is 24.6 Å². The number of rotatable bonds is 10. The largest absolute Gasteiger partial charge is 0.480 e. The van der Waals surface area contributed by atoms with Gasteiger partial charge in [0.15, 0.2) is 0 Å². The summed E-state index contributed by atoms with van der Waals surface area (Å²) in [5, 5.41) is 11.7. The van der Waals surface area contributed by atoms with Crippen molar-refractivity contribution in [3.8, 4) is 0 Å². The fraction of sp³-hybridized carbons (Fsp3) is 0.421. The first kappa shape index (κ1) is 19.5. The maximum absolute atomic E-state index is 12.7. The molecule has 2 aromatic rings. The van der Waals surface area contributed by atoms with E-state index >= 15 is 0 Å². The Morgan fingerprint density at radius 2 is 1.85 bits per heavy atom. The van der Waals surface area contributed by atoms with Crippen LogP contribution in [0.2, 0.25) is 0 Å². The van der Waals surface area contributed by atoms with E-state index in [9.17, 15) is 19.5 Å². The number of imidazole rings is 1. The van der Waals surface area contributed by atoms with Crippen molar-refractivity contribution >= 4 is 22.9 Å². The fourth-order valence-electron chi connectivity index (χ4n) is 2.95. The molecule has 1 aromatic heterocycles. The lowest BCUT2D eigenvalue weighted by Crippen LogP contribution is -2.41. The van der Waals surface area contributed by atoms with Gasteiger partial charge in [0.25, 0.3) is 0 Å². The van der Waals surface area contributed by atoms with E-state index in [4.69, 9.17) is 0 Å². The highest BCUT2D eigenvalue weighted by atomic mass is 16.4. The third kappa shape index (κ3) is 4.41. The lowest BCUT2D eigenvalue weighted by Gasteiger charge is -2.13. The minimum Gasteiger partial charge on any atom is -0.480 e. The molecule has 0 aliphatic heterocycles. The number of nitrogens with zero attached hydrogens (tertiary/aromatic N) is 2. The summed E-state index contributed by atoms with van der Waals surface area (Å²) in [5.41, 5.74) is 1.47. The zero-order chi connectivity index (χ0) is 19.1. The Labute approximate surface area is 151 Å². The first-order valence-electron chi connectivity index (χ1n) is 8.80. The number of para-hydroxylation sites is 2. The number of nitrogens with one attached hydrogen (secondary N) is 1. The van der Waals surface area contributed by atoms with Gasteiger partial charge < -0.3 is 10.4 Å². The van der Waals surface area contributed by atoms with Crippen LogP contribution in [0.1, 0.15) is 32.6 Å². The predicted octanol–water partition coefficient (Wildman–Crippen LogP) is 2.14. The molecule has 0 spiro atoms. The molecule has 0 bridgehead atoms. The van der Waals surface area contributed by atoms with Gasteiger partial charge >= 0.3 is 11.7 Å². The third-order valence-electron chi connectivity index (χ3n) is 4.23. The molecule has 1 aromatic carbocycles. The average molecular weight is 359 g/mol. The van der Waals surface area contributed by atoms with Crippen LogP contribution in [-0.4, -0.2) is 32.2 Å². The van der Waals surface area contributed by atoms with Gasteiger partial charge in [-0.05, 0) is 31.4 Å². The quantitative estimate of drug-likeness (QED) is 0.636. The number of carbonyl (C=O) groups is 2. The van der Waals surface area contributed by atoms with E-state index in [1.807, 2.05) is 31.2 Å². The average Bonchev–Trinajstić information content (AvgIpc) is 2.89. The van der Waals surface area contributed by atoms with Crippen LogP contribution in [0.15, 0.2) is 41.7 Å². The van der Waals surface area contributed by atoms with Gasteiger partial charge in [-0.1, -0.05) is 25.1 Å². The zero-order valence-electron chi connectivity index (χ0n) is 15.0. The summed E-state index contributed by atoms with van der Waals surface area (Å²) >= 11 is 0. The van der Waals surface area contributed by atoms with Crippen LogP contribution in [0.25, 0.3) is 11.0 Å². The molecule has 2 rings (SSSR count). The number of benzene rings is 1. The van der Waals surface area contributed by atoms with Gasteiger partial charge in [-0.3, -0.25) is 13.9 Å². The van der Waals surface area contributed by atoms with Gasteiger partial charge in [0.05, 0.1) is 11.0 Å². The van der Waals surface area contributed by atoms with Gasteiger partial charge in [0.1, 0.15) is 6.04 Å². The number of allylic oxidation sites excluding steroid dienone is 1. The molecule has 1 amide bonds. The van der Waals surface area contributed by atoms with Crippen molar-refractivity contribution in [3.63, 3.8) is 0 Å². The summed E-state index contributed by atoms with van der Waals surface area (Å²) in [4.78, 5) is 36.0. The number of hydrogen-bond acceptors (Lipinski definition) is 3. The van der Waals surface area contributed by atoms with Gasteiger partial charge in [-0.15, -0.1) is 6.58 Å². The van der Waals surface area contributed by atoms with Crippen molar-refractivity contribution in [2.75, 3.05) is 0 Å². The zero-order valence-corrected chi connectivity index (χ0v) is 15.0. The molecule has 2 N–H and O–H groups in total. The number of fused-ring (bicyclic) bond motifs is 1. The molecule has 0 aliphatic rings. The lowest BCUT2D eigenvalue weighted by molar-refractivity contribution is -0.142. The van der Waals surface area contributed by atoms with Crippen molar-refractivity contribution in [2.24, 2.45) is 0 Å². The topological polar surface area (TPSA) is 93.3 Å². The van der Waals surface area contributed by atoms with Crippen molar-refractivity contribution in [1.29, 1.82) is 0 Å². The smallest absolute Gasteiger partial charge is 0.329 e. The minimum atomic E-state index is -1.07. The number of carboxylic acid groups (broad SMARTS) is 1. The number of aryl methyl sites for hydroxylation is 2. The fourth-order valence-corrected chi connectivity index (χ4v) is 2.95. The number of carbonyl (C=O) groups excluding carboxylic acids is 1. The van der Waals surface area contributed by atoms with Crippen LogP contribution >= 0.6 is 0 Å². The van der Waals surface area contributed by atoms with Crippen LogP contribution in [0.5, 0.6) is 0 Å².